The smallest absolute Gasteiger partial charge is 0.259 e. The number of hydrogen-bond acceptors (Lipinski definition) is 5. The molecule has 7 nitrogen and oxygen atoms in total. The summed E-state index contributed by atoms with van der Waals surface area (Å²) in [4.78, 5) is 16.0. The summed E-state index contributed by atoms with van der Waals surface area (Å²) in [5, 5.41) is 4.01. The van der Waals surface area contributed by atoms with Crippen molar-refractivity contribution in [2.24, 2.45) is 7.05 Å². The molecule has 1 aromatic carbocycles. The molecule has 0 bridgehead atoms. The molecule has 4 rings (SSSR count). The van der Waals surface area contributed by atoms with E-state index in [-0.39, 0.29) is 0 Å². The molecule has 1 N–H and O–H groups in total. The number of rotatable bonds is 3. The van der Waals surface area contributed by atoms with Gasteiger partial charge in [0.25, 0.3) is 5.89 Å². The number of aromatic amines is 1. The van der Waals surface area contributed by atoms with E-state index in [0.29, 0.717) is 17.4 Å². The van der Waals surface area contributed by atoms with E-state index in [1.807, 2.05) is 42.1 Å². The highest BCUT2D eigenvalue weighted by atomic mass is 16.5. The standard InChI is InChI=1S/C15H12N6O/c1-21-8-12(18-9-21)14-19-15(22-20-14)11-5-3-2-4-10(11)13-16-6-7-17-13/h2-9H,1H3,(H,16,17). The minimum absolute atomic E-state index is 0.438. The number of nitrogens with one attached hydrogen (secondary N) is 1. The Labute approximate surface area is 125 Å². The van der Waals surface area contributed by atoms with Gasteiger partial charge in [0, 0.05) is 31.2 Å². The second kappa shape index (κ2) is 4.96. The highest BCUT2D eigenvalue weighted by molar-refractivity contribution is 5.76. The number of benzene rings is 1. The fraction of sp³-hybridized carbons (Fsp3) is 0.0667. The van der Waals surface area contributed by atoms with E-state index >= 15 is 0 Å². The zero-order valence-corrected chi connectivity index (χ0v) is 11.8. The minimum atomic E-state index is 0.438. The lowest BCUT2D eigenvalue weighted by Gasteiger charge is -2.02. The summed E-state index contributed by atoms with van der Waals surface area (Å²) in [6.45, 7) is 0. The van der Waals surface area contributed by atoms with Crippen LogP contribution < -0.4 is 0 Å². The monoisotopic (exact) mass is 292 g/mol. The van der Waals surface area contributed by atoms with Crippen LogP contribution in [0.3, 0.4) is 0 Å². The Balaban J connectivity index is 1.79. The van der Waals surface area contributed by atoms with Gasteiger partial charge in [-0.2, -0.15) is 4.98 Å². The molecule has 0 fully saturated rings. The zero-order chi connectivity index (χ0) is 14.9. The number of hydrogen-bond donors (Lipinski definition) is 1. The molecule has 0 amide bonds. The van der Waals surface area contributed by atoms with E-state index in [0.717, 1.165) is 17.0 Å². The average molecular weight is 292 g/mol. The third-order valence-corrected chi connectivity index (χ3v) is 3.27. The predicted octanol–water partition coefficient (Wildman–Crippen LogP) is 2.53. The maximum atomic E-state index is 5.40. The predicted molar refractivity (Wildman–Crippen MR) is 79.5 cm³/mol. The van der Waals surface area contributed by atoms with Crippen molar-refractivity contribution in [1.29, 1.82) is 0 Å². The van der Waals surface area contributed by atoms with Crippen LogP contribution in [0.25, 0.3) is 34.4 Å². The van der Waals surface area contributed by atoms with E-state index in [2.05, 4.69) is 25.1 Å². The van der Waals surface area contributed by atoms with Gasteiger partial charge in [-0.05, 0) is 6.07 Å². The highest BCUT2D eigenvalue weighted by Crippen LogP contribution is 2.29. The average Bonchev–Trinajstić information content (AvgIpc) is 3.28. The fourth-order valence-corrected chi connectivity index (χ4v) is 2.25. The molecule has 0 aliphatic heterocycles. The van der Waals surface area contributed by atoms with E-state index in [1.54, 1.807) is 18.7 Å². The molecule has 0 saturated heterocycles. The second-order valence-corrected chi connectivity index (χ2v) is 4.83. The fourth-order valence-electron chi connectivity index (χ4n) is 2.25. The lowest BCUT2D eigenvalue weighted by Crippen LogP contribution is -1.87. The first kappa shape index (κ1) is 12.5. The third-order valence-electron chi connectivity index (χ3n) is 3.27. The van der Waals surface area contributed by atoms with Crippen LogP contribution in [-0.4, -0.2) is 29.7 Å². The Kier molecular flexibility index (Phi) is 2.82. The Bertz CT molecular complexity index is 906. The number of aromatic nitrogens is 6. The summed E-state index contributed by atoms with van der Waals surface area (Å²) in [7, 11) is 1.89. The molecule has 108 valence electrons. The van der Waals surface area contributed by atoms with Crippen molar-refractivity contribution in [2.45, 2.75) is 0 Å². The van der Waals surface area contributed by atoms with Crippen LogP contribution in [0.1, 0.15) is 0 Å². The first-order valence-corrected chi connectivity index (χ1v) is 6.72. The van der Waals surface area contributed by atoms with Gasteiger partial charge in [-0.3, -0.25) is 0 Å². The quantitative estimate of drug-likeness (QED) is 0.627. The van der Waals surface area contributed by atoms with Crippen molar-refractivity contribution >= 4 is 0 Å². The molecule has 0 spiro atoms. The molecular formula is C15H12N6O. The van der Waals surface area contributed by atoms with Crippen molar-refractivity contribution < 1.29 is 4.52 Å². The van der Waals surface area contributed by atoms with Gasteiger partial charge in [-0.1, -0.05) is 23.4 Å². The van der Waals surface area contributed by atoms with Crippen molar-refractivity contribution in [1.82, 2.24) is 29.7 Å². The SMILES string of the molecule is Cn1cnc(-c2noc(-c3ccccc3-c3ncc[nH]3)n2)c1. The molecular weight excluding hydrogens is 280 g/mol. The van der Waals surface area contributed by atoms with E-state index in [4.69, 9.17) is 4.52 Å². The lowest BCUT2D eigenvalue weighted by molar-refractivity contribution is 0.432. The van der Waals surface area contributed by atoms with Crippen molar-refractivity contribution in [3.8, 4) is 34.4 Å². The summed E-state index contributed by atoms with van der Waals surface area (Å²) in [6.07, 6.45) is 7.02. The normalized spacial score (nSPS) is 11.0. The van der Waals surface area contributed by atoms with Crippen molar-refractivity contribution in [3.63, 3.8) is 0 Å². The van der Waals surface area contributed by atoms with Crippen molar-refractivity contribution in [3.05, 3.63) is 49.2 Å². The van der Waals surface area contributed by atoms with Gasteiger partial charge >= 0.3 is 0 Å². The Morgan fingerprint density at radius 3 is 2.73 bits per heavy atom. The molecule has 0 unspecified atom stereocenters. The lowest BCUT2D eigenvalue weighted by atomic mass is 10.1. The van der Waals surface area contributed by atoms with E-state index in [1.165, 1.54) is 0 Å². The maximum Gasteiger partial charge on any atom is 0.259 e. The largest absolute Gasteiger partial charge is 0.345 e. The van der Waals surface area contributed by atoms with Crippen LogP contribution in [-0.2, 0) is 7.05 Å². The van der Waals surface area contributed by atoms with Crippen molar-refractivity contribution in [2.75, 3.05) is 0 Å². The minimum Gasteiger partial charge on any atom is -0.345 e. The summed E-state index contributed by atoms with van der Waals surface area (Å²) in [6, 6.07) is 7.75. The molecule has 0 radical (unpaired) electrons. The molecule has 22 heavy (non-hydrogen) atoms. The molecule has 3 aromatic heterocycles. The van der Waals surface area contributed by atoms with Crippen LogP contribution >= 0.6 is 0 Å². The number of nitrogens with zero attached hydrogens (tertiary/aromatic N) is 5. The van der Waals surface area contributed by atoms with Gasteiger partial charge in [0.1, 0.15) is 11.5 Å². The summed E-state index contributed by atoms with van der Waals surface area (Å²) in [5.74, 6) is 1.66. The highest BCUT2D eigenvalue weighted by Gasteiger charge is 2.16. The zero-order valence-electron chi connectivity index (χ0n) is 11.8. The van der Waals surface area contributed by atoms with Gasteiger partial charge < -0.3 is 14.1 Å². The molecule has 7 heteroatoms. The van der Waals surface area contributed by atoms with Gasteiger partial charge in [0.2, 0.25) is 5.82 Å². The molecule has 0 atom stereocenters. The number of aryl methyl sites for hydroxylation is 1. The van der Waals surface area contributed by atoms with Gasteiger partial charge in [0.15, 0.2) is 0 Å². The van der Waals surface area contributed by atoms with E-state index in [9.17, 15) is 0 Å². The van der Waals surface area contributed by atoms with Crippen LogP contribution in [0.15, 0.2) is 53.7 Å². The number of imidazole rings is 2. The Hall–Kier alpha value is -3.22. The molecule has 0 aliphatic rings. The first-order chi connectivity index (χ1) is 10.8. The van der Waals surface area contributed by atoms with Crippen LogP contribution in [0.2, 0.25) is 0 Å². The third kappa shape index (κ3) is 2.08. The molecule has 3 heterocycles. The Morgan fingerprint density at radius 2 is 2.00 bits per heavy atom. The Morgan fingerprint density at radius 1 is 1.14 bits per heavy atom. The second-order valence-electron chi connectivity index (χ2n) is 4.83. The summed E-state index contributed by atoms with van der Waals surface area (Å²) < 4.78 is 7.24. The molecule has 0 saturated carbocycles. The van der Waals surface area contributed by atoms with Gasteiger partial charge in [-0.15, -0.1) is 0 Å². The van der Waals surface area contributed by atoms with Gasteiger partial charge in [-0.25, -0.2) is 9.97 Å². The maximum absolute atomic E-state index is 5.40. The van der Waals surface area contributed by atoms with Gasteiger partial charge in [0.05, 0.1) is 11.9 Å². The van der Waals surface area contributed by atoms with Crippen LogP contribution in [0, 0.1) is 0 Å². The number of H-pyrrole nitrogens is 1. The molecule has 0 aliphatic carbocycles. The first-order valence-electron chi connectivity index (χ1n) is 6.72. The van der Waals surface area contributed by atoms with Crippen LogP contribution in [0.5, 0.6) is 0 Å². The molecule has 4 aromatic rings. The topological polar surface area (TPSA) is 85.4 Å². The van der Waals surface area contributed by atoms with Crippen LogP contribution in [0.4, 0.5) is 0 Å². The summed E-state index contributed by atoms with van der Waals surface area (Å²) >= 11 is 0. The summed E-state index contributed by atoms with van der Waals surface area (Å²) in [5.41, 5.74) is 2.41. The van der Waals surface area contributed by atoms with E-state index < -0.39 is 0 Å².